The van der Waals surface area contributed by atoms with Gasteiger partial charge in [-0.25, -0.2) is 0 Å². The molecule has 1 aliphatic carbocycles. The number of hydrogen-bond acceptors (Lipinski definition) is 5. The van der Waals surface area contributed by atoms with E-state index in [1.54, 1.807) is 6.08 Å². The summed E-state index contributed by atoms with van der Waals surface area (Å²) in [5.41, 5.74) is 6.28. The van der Waals surface area contributed by atoms with Gasteiger partial charge in [0.15, 0.2) is 0 Å². The number of rotatable bonds is 16. The van der Waals surface area contributed by atoms with E-state index in [2.05, 4.69) is 39.5 Å². The van der Waals surface area contributed by atoms with Crippen molar-refractivity contribution in [2.75, 3.05) is 0 Å². The first-order chi connectivity index (χ1) is 20.8. The molecule has 0 saturated heterocycles. The molecule has 44 heavy (non-hydrogen) atoms. The van der Waals surface area contributed by atoms with Gasteiger partial charge in [0, 0.05) is 12.8 Å². The quantitative estimate of drug-likeness (QED) is 0.0436. The predicted molar refractivity (Wildman–Crippen MR) is 185 cm³/mol. The van der Waals surface area contributed by atoms with Gasteiger partial charge in [0.1, 0.15) is 18.1 Å². The lowest BCUT2D eigenvalue weighted by Gasteiger charge is -2.37. The average molecular weight is 607 g/mol. The first kappa shape index (κ1) is 40.5. The van der Waals surface area contributed by atoms with Crippen molar-refractivity contribution in [1.29, 1.82) is 0 Å². The minimum Gasteiger partial charge on any atom is -0.458 e. The first-order valence-corrected chi connectivity index (χ1v) is 16.1. The van der Waals surface area contributed by atoms with Crippen LogP contribution in [0.4, 0.5) is 0 Å². The zero-order chi connectivity index (χ0) is 33.7. The summed E-state index contributed by atoms with van der Waals surface area (Å²) in [5, 5.41) is 0. The van der Waals surface area contributed by atoms with Crippen molar-refractivity contribution < 1.29 is 23.9 Å². The normalized spacial score (nSPS) is 17.8. The summed E-state index contributed by atoms with van der Waals surface area (Å²) >= 11 is 0. The van der Waals surface area contributed by atoms with Crippen molar-refractivity contribution in [2.45, 2.75) is 127 Å². The second-order valence-corrected chi connectivity index (χ2v) is 11.7. The summed E-state index contributed by atoms with van der Waals surface area (Å²) in [6.07, 6.45) is 21.1. The third kappa shape index (κ3) is 15.8. The summed E-state index contributed by atoms with van der Waals surface area (Å²) in [6, 6.07) is 0. The zero-order valence-electron chi connectivity index (χ0n) is 29.2. The van der Waals surface area contributed by atoms with Crippen LogP contribution in [0.3, 0.4) is 0 Å². The molecule has 0 aromatic heterocycles. The van der Waals surface area contributed by atoms with Crippen LogP contribution in [-0.4, -0.2) is 24.3 Å². The van der Waals surface area contributed by atoms with E-state index < -0.39 is 0 Å². The van der Waals surface area contributed by atoms with Gasteiger partial charge in [0.25, 0.3) is 0 Å². The third-order valence-electron chi connectivity index (χ3n) is 7.53. The van der Waals surface area contributed by atoms with Crippen molar-refractivity contribution in [3.8, 4) is 0 Å². The van der Waals surface area contributed by atoms with Crippen LogP contribution >= 0.6 is 0 Å². The molecule has 0 amide bonds. The lowest BCUT2D eigenvalue weighted by molar-refractivity contribution is -0.148. The Morgan fingerprint density at radius 1 is 0.977 bits per heavy atom. The predicted octanol–water partition coefficient (Wildman–Crippen LogP) is 10.6. The molecule has 0 aliphatic heterocycles. The standard InChI is InChI=1S/C37H52O5.C2H6/c1-10-31(27(3)4)26-32(11-2)41-35(39)18-13-12-14-19-36(40)42-34-22-24-37(8,9)33(30(34)7)21-20-28(5)16-15-17-29(6)23-25-38;1-2/h11,15-17,20-21,23,25-26,34H,3,10,12-14,18-19,22,24H2,1-2,4-9H3;1-2H3/b17-15+,21-20+,28-16+,29-23+,31-26-,32-11+;. The number of esters is 2. The van der Waals surface area contributed by atoms with E-state index in [1.165, 1.54) is 11.6 Å². The van der Waals surface area contributed by atoms with Gasteiger partial charge in [-0.1, -0.05) is 89.1 Å². The molecule has 1 atom stereocenters. The second kappa shape index (κ2) is 22.1. The molecule has 0 aromatic carbocycles. The van der Waals surface area contributed by atoms with Crippen LogP contribution in [0.25, 0.3) is 0 Å². The van der Waals surface area contributed by atoms with Gasteiger partial charge < -0.3 is 9.47 Å². The molecule has 0 N–H and O–H groups in total. The molecule has 1 aliphatic rings. The fourth-order valence-electron chi connectivity index (χ4n) is 4.83. The Morgan fingerprint density at radius 2 is 1.59 bits per heavy atom. The molecular formula is C39H58O5. The number of hydrogen-bond donors (Lipinski definition) is 0. The molecule has 0 aromatic rings. The average Bonchev–Trinajstić information content (AvgIpc) is 2.97. The smallest absolute Gasteiger partial charge is 0.311 e. The van der Waals surface area contributed by atoms with Gasteiger partial charge in [-0.3, -0.25) is 14.4 Å². The SMILES string of the molecule is C=C(C)/C(=C\C(=C/C)OC(=O)CCCCCC(=O)OC1CCC(C)(C)C(/C=C/C(C)=C/C=C/C(C)=C/C=O)=C1C)CC.CC. The Balaban J connectivity index is 0.00000904. The van der Waals surface area contributed by atoms with E-state index >= 15 is 0 Å². The molecule has 1 rings (SSSR count). The van der Waals surface area contributed by atoms with Gasteiger partial charge in [0.05, 0.1) is 0 Å². The van der Waals surface area contributed by atoms with Gasteiger partial charge >= 0.3 is 11.9 Å². The van der Waals surface area contributed by atoms with E-state index in [9.17, 15) is 14.4 Å². The van der Waals surface area contributed by atoms with Crippen molar-refractivity contribution in [2.24, 2.45) is 5.41 Å². The third-order valence-corrected chi connectivity index (χ3v) is 7.53. The molecule has 5 heteroatoms. The Kier molecular flexibility index (Phi) is 20.4. The van der Waals surface area contributed by atoms with Gasteiger partial charge in [-0.2, -0.15) is 0 Å². The molecule has 1 unspecified atom stereocenters. The van der Waals surface area contributed by atoms with Crippen LogP contribution in [0, 0.1) is 5.41 Å². The van der Waals surface area contributed by atoms with Crippen molar-refractivity contribution in [3.05, 3.63) is 94.4 Å². The maximum absolute atomic E-state index is 12.7. The number of unbranched alkanes of at least 4 members (excludes halogenated alkanes) is 2. The summed E-state index contributed by atoms with van der Waals surface area (Å²) in [4.78, 5) is 35.5. The van der Waals surface area contributed by atoms with E-state index in [0.29, 0.717) is 31.4 Å². The van der Waals surface area contributed by atoms with E-state index in [4.69, 9.17) is 9.47 Å². The number of allylic oxidation sites excluding steroid dienone is 13. The molecule has 0 heterocycles. The van der Waals surface area contributed by atoms with Gasteiger partial charge in [-0.05, 0) is 113 Å². The first-order valence-electron chi connectivity index (χ1n) is 16.1. The second-order valence-electron chi connectivity index (χ2n) is 11.7. The lowest BCUT2D eigenvalue weighted by Crippen LogP contribution is -2.30. The zero-order valence-corrected chi connectivity index (χ0v) is 29.2. The maximum atomic E-state index is 12.7. The molecule has 0 fully saturated rings. The Labute approximate surface area is 268 Å². The largest absolute Gasteiger partial charge is 0.458 e. The highest BCUT2D eigenvalue weighted by Gasteiger charge is 2.33. The number of carbonyl (C=O) groups is 3. The van der Waals surface area contributed by atoms with Crippen LogP contribution in [0.5, 0.6) is 0 Å². The van der Waals surface area contributed by atoms with Crippen molar-refractivity contribution >= 4 is 18.2 Å². The maximum Gasteiger partial charge on any atom is 0.311 e. The fourth-order valence-corrected chi connectivity index (χ4v) is 4.83. The monoisotopic (exact) mass is 606 g/mol. The Bertz CT molecular complexity index is 1180. The number of ether oxygens (including phenoxy) is 2. The van der Waals surface area contributed by atoms with Crippen LogP contribution in [0.2, 0.25) is 0 Å². The Morgan fingerprint density at radius 3 is 2.16 bits per heavy atom. The van der Waals surface area contributed by atoms with Crippen molar-refractivity contribution in [3.63, 3.8) is 0 Å². The topological polar surface area (TPSA) is 69.7 Å². The van der Waals surface area contributed by atoms with Crippen LogP contribution in [0.1, 0.15) is 121 Å². The molecule has 5 nitrogen and oxygen atoms in total. The summed E-state index contributed by atoms with van der Waals surface area (Å²) in [6.45, 7) is 24.2. The molecule has 0 bridgehead atoms. The van der Waals surface area contributed by atoms with Crippen LogP contribution < -0.4 is 0 Å². The van der Waals surface area contributed by atoms with Gasteiger partial charge in [0.2, 0.25) is 0 Å². The summed E-state index contributed by atoms with van der Waals surface area (Å²) < 4.78 is 11.4. The molecule has 0 spiro atoms. The van der Waals surface area contributed by atoms with Gasteiger partial charge in [-0.15, -0.1) is 0 Å². The van der Waals surface area contributed by atoms with Crippen molar-refractivity contribution in [1.82, 2.24) is 0 Å². The van der Waals surface area contributed by atoms with Crippen LogP contribution in [-0.2, 0) is 23.9 Å². The number of carbonyl (C=O) groups excluding carboxylic acids is 3. The molecular weight excluding hydrogens is 548 g/mol. The van der Waals surface area contributed by atoms with Crippen LogP contribution in [0.15, 0.2) is 94.4 Å². The highest BCUT2D eigenvalue weighted by atomic mass is 16.5. The molecule has 0 saturated carbocycles. The Hall–Kier alpha value is -3.47. The summed E-state index contributed by atoms with van der Waals surface area (Å²) in [5.74, 6) is 0.0766. The lowest BCUT2D eigenvalue weighted by atomic mass is 9.71. The number of aldehydes is 1. The summed E-state index contributed by atoms with van der Waals surface area (Å²) in [7, 11) is 0. The molecule has 244 valence electrons. The fraction of sp³-hybridized carbons (Fsp3) is 0.513. The molecule has 0 radical (unpaired) electrons. The van der Waals surface area contributed by atoms with E-state index in [-0.39, 0.29) is 23.5 Å². The van der Waals surface area contributed by atoms with E-state index in [1.807, 2.05) is 72.8 Å². The minimum atomic E-state index is -0.267. The van der Waals surface area contributed by atoms with E-state index in [0.717, 1.165) is 59.8 Å². The minimum absolute atomic E-state index is 0.0112. The highest BCUT2D eigenvalue weighted by Crippen LogP contribution is 2.42. The highest BCUT2D eigenvalue weighted by molar-refractivity contribution is 5.71.